The van der Waals surface area contributed by atoms with Gasteiger partial charge in [-0.05, 0) is 19.9 Å². The van der Waals surface area contributed by atoms with Gasteiger partial charge < -0.3 is 15.2 Å². The molecule has 0 aliphatic carbocycles. The lowest BCUT2D eigenvalue weighted by Crippen LogP contribution is -2.25. The maximum absolute atomic E-state index is 5.50. The molecule has 94 valence electrons. The van der Waals surface area contributed by atoms with Gasteiger partial charge in [0.2, 0.25) is 5.88 Å². The summed E-state index contributed by atoms with van der Waals surface area (Å²) < 4.78 is 10.8. The van der Waals surface area contributed by atoms with Gasteiger partial charge in [0.1, 0.15) is 4.99 Å². The molecule has 0 aromatic carbocycles. The summed E-state index contributed by atoms with van der Waals surface area (Å²) in [5.74, 6) is 0.567. The summed E-state index contributed by atoms with van der Waals surface area (Å²) in [6.45, 7) is 4.58. The highest BCUT2D eigenvalue weighted by atomic mass is 32.1. The quantitative estimate of drug-likeness (QED) is 0.786. The highest BCUT2D eigenvalue weighted by Gasteiger charge is 2.16. The number of thiocarbonyl (C=S) groups is 1. The molecular weight excluding hydrogens is 236 g/mol. The number of ether oxygens (including phenoxy) is 2. The molecule has 0 amide bonds. The largest absolute Gasteiger partial charge is 0.478 e. The zero-order chi connectivity index (χ0) is 12.9. The van der Waals surface area contributed by atoms with Crippen molar-refractivity contribution in [2.24, 2.45) is 5.73 Å². The van der Waals surface area contributed by atoms with Crippen molar-refractivity contribution in [1.82, 2.24) is 4.98 Å². The molecule has 1 aromatic heterocycles. The standard InChI is InChI=1S/C12H18N2O2S/c1-12(2,15-3)6-7-16-10-5-4-9(8-14-10)11(13)17/h4-5,8H,6-7H2,1-3H3,(H2,13,17). The highest BCUT2D eigenvalue weighted by Crippen LogP contribution is 2.14. The first-order valence-electron chi connectivity index (χ1n) is 5.38. The zero-order valence-corrected chi connectivity index (χ0v) is 11.2. The zero-order valence-electron chi connectivity index (χ0n) is 10.4. The van der Waals surface area contributed by atoms with Gasteiger partial charge in [0.05, 0.1) is 12.2 Å². The van der Waals surface area contributed by atoms with Crippen LogP contribution in [0.2, 0.25) is 0 Å². The number of rotatable bonds is 6. The molecule has 1 heterocycles. The van der Waals surface area contributed by atoms with Crippen LogP contribution < -0.4 is 10.5 Å². The van der Waals surface area contributed by atoms with E-state index in [9.17, 15) is 0 Å². The van der Waals surface area contributed by atoms with E-state index < -0.39 is 0 Å². The van der Waals surface area contributed by atoms with Crippen molar-refractivity contribution in [3.05, 3.63) is 23.9 Å². The minimum atomic E-state index is -0.182. The summed E-state index contributed by atoms with van der Waals surface area (Å²) in [7, 11) is 1.69. The molecule has 0 aliphatic rings. The van der Waals surface area contributed by atoms with Crippen LogP contribution >= 0.6 is 12.2 Å². The number of hydrogen-bond donors (Lipinski definition) is 1. The van der Waals surface area contributed by atoms with Gasteiger partial charge in [-0.25, -0.2) is 4.98 Å². The van der Waals surface area contributed by atoms with Crippen molar-refractivity contribution in [2.75, 3.05) is 13.7 Å². The normalized spacial score (nSPS) is 11.2. The summed E-state index contributed by atoms with van der Waals surface area (Å²) in [6, 6.07) is 3.56. The molecule has 5 heteroatoms. The SMILES string of the molecule is COC(C)(C)CCOc1ccc(C(N)=S)cn1. The lowest BCUT2D eigenvalue weighted by Gasteiger charge is -2.22. The Kier molecular flexibility index (Phi) is 4.84. The molecule has 0 radical (unpaired) electrons. The lowest BCUT2D eigenvalue weighted by atomic mass is 10.1. The van der Waals surface area contributed by atoms with Crippen LogP contribution in [0.3, 0.4) is 0 Å². The molecule has 0 unspecified atom stereocenters. The first-order chi connectivity index (χ1) is 7.94. The molecule has 0 saturated heterocycles. The van der Waals surface area contributed by atoms with Gasteiger partial charge in [-0.2, -0.15) is 0 Å². The summed E-state index contributed by atoms with van der Waals surface area (Å²) in [6.07, 6.45) is 2.40. The summed E-state index contributed by atoms with van der Waals surface area (Å²) in [5.41, 5.74) is 6.03. The third-order valence-electron chi connectivity index (χ3n) is 2.53. The minimum absolute atomic E-state index is 0.182. The molecule has 0 bridgehead atoms. The van der Waals surface area contributed by atoms with Crippen LogP contribution in [-0.4, -0.2) is 29.3 Å². The van der Waals surface area contributed by atoms with Gasteiger partial charge in [-0.15, -0.1) is 0 Å². The average molecular weight is 254 g/mol. The highest BCUT2D eigenvalue weighted by molar-refractivity contribution is 7.80. The van der Waals surface area contributed by atoms with Gasteiger partial charge in [-0.1, -0.05) is 12.2 Å². The summed E-state index contributed by atoms with van der Waals surface area (Å²) in [5, 5.41) is 0. The van der Waals surface area contributed by atoms with Crippen LogP contribution in [0.4, 0.5) is 0 Å². The van der Waals surface area contributed by atoms with E-state index in [0.29, 0.717) is 17.5 Å². The second-order valence-electron chi connectivity index (χ2n) is 4.31. The number of nitrogens with zero attached hydrogens (tertiary/aromatic N) is 1. The van der Waals surface area contributed by atoms with E-state index >= 15 is 0 Å². The van der Waals surface area contributed by atoms with Gasteiger partial charge in [0.25, 0.3) is 0 Å². The molecule has 0 fully saturated rings. The van der Waals surface area contributed by atoms with Crippen LogP contribution in [0.1, 0.15) is 25.8 Å². The molecule has 0 aliphatic heterocycles. The summed E-state index contributed by atoms with van der Waals surface area (Å²) >= 11 is 4.84. The molecule has 0 spiro atoms. The first kappa shape index (κ1) is 13.9. The number of pyridine rings is 1. The number of aromatic nitrogens is 1. The molecule has 0 saturated carbocycles. The van der Waals surface area contributed by atoms with E-state index in [0.717, 1.165) is 12.0 Å². The Morgan fingerprint density at radius 1 is 1.47 bits per heavy atom. The third kappa shape index (κ3) is 4.66. The van der Waals surface area contributed by atoms with Gasteiger partial charge in [0.15, 0.2) is 0 Å². The maximum atomic E-state index is 5.50. The molecule has 1 aromatic rings. The Labute approximate surface area is 107 Å². The topological polar surface area (TPSA) is 57.4 Å². The predicted molar refractivity (Wildman–Crippen MR) is 71.3 cm³/mol. The fraction of sp³-hybridized carbons (Fsp3) is 0.500. The Morgan fingerprint density at radius 2 is 2.18 bits per heavy atom. The number of nitrogens with two attached hydrogens (primary N) is 1. The van der Waals surface area contributed by atoms with E-state index in [1.165, 1.54) is 0 Å². The van der Waals surface area contributed by atoms with Gasteiger partial charge in [0, 0.05) is 31.4 Å². The van der Waals surface area contributed by atoms with Crippen molar-refractivity contribution in [3.8, 4) is 5.88 Å². The van der Waals surface area contributed by atoms with Crippen molar-refractivity contribution in [3.63, 3.8) is 0 Å². The van der Waals surface area contributed by atoms with Crippen LogP contribution in [-0.2, 0) is 4.74 Å². The monoisotopic (exact) mass is 254 g/mol. The Bertz CT molecular complexity index is 377. The lowest BCUT2D eigenvalue weighted by molar-refractivity contribution is 0.00509. The van der Waals surface area contributed by atoms with Crippen molar-refractivity contribution in [2.45, 2.75) is 25.9 Å². The smallest absolute Gasteiger partial charge is 0.213 e. The minimum Gasteiger partial charge on any atom is -0.478 e. The van der Waals surface area contributed by atoms with E-state index in [1.54, 1.807) is 25.4 Å². The third-order valence-corrected chi connectivity index (χ3v) is 2.76. The second-order valence-corrected chi connectivity index (χ2v) is 4.75. The predicted octanol–water partition coefficient (Wildman–Crippen LogP) is 1.91. The Hall–Kier alpha value is -1.20. The van der Waals surface area contributed by atoms with E-state index in [1.807, 2.05) is 13.8 Å². The molecule has 17 heavy (non-hydrogen) atoms. The van der Waals surface area contributed by atoms with Crippen molar-refractivity contribution < 1.29 is 9.47 Å². The van der Waals surface area contributed by atoms with Crippen LogP contribution in [0.15, 0.2) is 18.3 Å². The van der Waals surface area contributed by atoms with Crippen LogP contribution in [0.5, 0.6) is 5.88 Å². The van der Waals surface area contributed by atoms with E-state index in [2.05, 4.69) is 4.98 Å². The fourth-order valence-corrected chi connectivity index (χ4v) is 1.24. The summed E-state index contributed by atoms with van der Waals surface area (Å²) in [4.78, 5) is 4.45. The number of methoxy groups -OCH3 is 1. The van der Waals surface area contributed by atoms with Gasteiger partial charge in [-0.3, -0.25) is 0 Å². The Morgan fingerprint density at radius 3 is 2.65 bits per heavy atom. The molecule has 2 N–H and O–H groups in total. The number of hydrogen-bond acceptors (Lipinski definition) is 4. The van der Waals surface area contributed by atoms with E-state index in [-0.39, 0.29) is 5.60 Å². The van der Waals surface area contributed by atoms with Crippen molar-refractivity contribution in [1.29, 1.82) is 0 Å². The Balaban J connectivity index is 2.45. The average Bonchev–Trinajstić information content (AvgIpc) is 2.29. The molecule has 4 nitrogen and oxygen atoms in total. The molecule has 1 rings (SSSR count). The van der Waals surface area contributed by atoms with Crippen LogP contribution in [0, 0.1) is 0 Å². The maximum Gasteiger partial charge on any atom is 0.213 e. The molecule has 0 atom stereocenters. The first-order valence-corrected chi connectivity index (χ1v) is 5.79. The fourth-order valence-electron chi connectivity index (χ4n) is 1.11. The molecular formula is C12H18N2O2S. The van der Waals surface area contributed by atoms with E-state index in [4.69, 9.17) is 27.4 Å². The van der Waals surface area contributed by atoms with Crippen LogP contribution in [0.25, 0.3) is 0 Å². The van der Waals surface area contributed by atoms with Crippen molar-refractivity contribution >= 4 is 17.2 Å². The second kappa shape index (κ2) is 5.93. The van der Waals surface area contributed by atoms with Gasteiger partial charge >= 0.3 is 0 Å².